The van der Waals surface area contributed by atoms with Gasteiger partial charge < -0.3 is 9.15 Å². The van der Waals surface area contributed by atoms with Crippen LogP contribution in [-0.2, 0) is 0 Å². The summed E-state index contributed by atoms with van der Waals surface area (Å²) in [5, 5.41) is 14.8. The molecule has 0 saturated heterocycles. The van der Waals surface area contributed by atoms with Crippen LogP contribution in [0.3, 0.4) is 0 Å². The zero-order valence-electron chi connectivity index (χ0n) is 15.1. The maximum absolute atomic E-state index is 12.7. The summed E-state index contributed by atoms with van der Waals surface area (Å²) in [4.78, 5) is 17.1. The van der Waals surface area contributed by atoms with Crippen molar-refractivity contribution in [3.05, 3.63) is 64.7 Å². The Morgan fingerprint density at radius 1 is 1.25 bits per heavy atom. The van der Waals surface area contributed by atoms with Gasteiger partial charge in [-0.05, 0) is 37.3 Å². The van der Waals surface area contributed by atoms with Crippen molar-refractivity contribution >= 4 is 33.3 Å². The van der Waals surface area contributed by atoms with Crippen molar-refractivity contribution in [3.8, 4) is 23.1 Å². The van der Waals surface area contributed by atoms with Gasteiger partial charge in [0.2, 0.25) is 0 Å². The average Bonchev–Trinajstić information content (AvgIpc) is 3.32. The fourth-order valence-electron chi connectivity index (χ4n) is 2.88. The molecule has 2 aromatic carbocycles. The minimum Gasteiger partial charge on any atom is -0.497 e. The van der Waals surface area contributed by atoms with E-state index in [2.05, 4.69) is 16.4 Å². The van der Waals surface area contributed by atoms with E-state index in [9.17, 15) is 4.79 Å². The number of nitriles is 1. The standard InChI is InChI=1S/C21H15N3O3S/c1-12-16-9-15(26-2)7-8-18(16)27-19(12)20(25)24-21-23-17(11-28-21)14-5-3-13(10-22)4-6-14/h3-9,11H,1-2H3,(H,23,24,25). The first-order valence-corrected chi connectivity index (χ1v) is 9.31. The van der Waals surface area contributed by atoms with Crippen LogP contribution in [0.2, 0.25) is 0 Å². The Labute approximate surface area is 165 Å². The van der Waals surface area contributed by atoms with Crippen molar-refractivity contribution < 1.29 is 13.9 Å². The van der Waals surface area contributed by atoms with Crippen LogP contribution in [0.5, 0.6) is 5.75 Å². The lowest BCUT2D eigenvalue weighted by atomic mass is 10.1. The third kappa shape index (κ3) is 3.21. The first kappa shape index (κ1) is 17.8. The first-order valence-electron chi connectivity index (χ1n) is 8.43. The van der Waals surface area contributed by atoms with Crippen molar-refractivity contribution in [1.29, 1.82) is 5.26 Å². The van der Waals surface area contributed by atoms with Crippen molar-refractivity contribution in [2.45, 2.75) is 6.92 Å². The quantitative estimate of drug-likeness (QED) is 0.531. The molecule has 0 atom stereocenters. The number of rotatable bonds is 4. The Bertz CT molecular complexity index is 1220. The van der Waals surface area contributed by atoms with Gasteiger partial charge in [0.15, 0.2) is 10.9 Å². The zero-order chi connectivity index (χ0) is 19.7. The van der Waals surface area contributed by atoms with Gasteiger partial charge in [-0.1, -0.05) is 12.1 Å². The number of carbonyl (C=O) groups excluding carboxylic acids is 1. The highest BCUT2D eigenvalue weighted by atomic mass is 32.1. The number of aromatic nitrogens is 1. The number of fused-ring (bicyclic) bond motifs is 1. The van der Waals surface area contributed by atoms with Crippen LogP contribution in [0, 0.1) is 18.3 Å². The molecule has 1 N–H and O–H groups in total. The average molecular weight is 389 g/mol. The molecule has 6 nitrogen and oxygen atoms in total. The molecule has 2 aromatic heterocycles. The predicted molar refractivity (Wildman–Crippen MR) is 108 cm³/mol. The Hall–Kier alpha value is -3.63. The third-order valence-corrected chi connectivity index (χ3v) is 5.14. The van der Waals surface area contributed by atoms with Gasteiger partial charge in [-0.2, -0.15) is 5.26 Å². The monoisotopic (exact) mass is 389 g/mol. The van der Waals surface area contributed by atoms with Gasteiger partial charge in [-0.3, -0.25) is 10.1 Å². The molecule has 2 heterocycles. The van der Waals surface area contributed by atoms with Crippen LogP contribution >= 0.6 is 11.3 Å². The molecule has 1 amide bonds. The molecule has 0 aliphatic carbocycles. The lowest BCUT2D eigenvalue weighted by molar-refractivity contribution is 0.0998. The van der Waals surface area contributed by atoms with Gasteiger partial charge in [0, 0.05) is 21.9 Å². The number of nitrogens with one attached hydrogen (secondary N) is 1. The number of thiazole rings is 1. The number of carbonyl (C=O) groups is 1. The van der Waals surface area contributed by atoms with E-state index in [1.54, 1.807) is 31.4 Å². The van der Waals surface area contributed by atoms with E-state index >= 15 is 0 Å². The molecular weight excluding hydrogens is 374 g/mol. The highest BCUT2D eigenvalue weighted by molar-refractivity contribution is 7.14. The summed E-state index contributed by atoms with van der Waals surface area (Å²) in [6.45, 7) is 1.84. The molecule has 4 rings (SSSR count). The van der Waals surface area contributed by atoms with Crippen LogP contribution < -0.4 is 10.1 Å². The maximum atomic E-state index is 12.7. The minimum atomic E-state index is -0.353. The normalized spacial score (nSPS) is 10.6. The van der Waals surface area contributed by atoms with Crippen LogP contribution in [-0.4, -0.2) is 18.0 Å². The van der Waals surface area contributed by atoms with Gasteiger partial charge in [0.25, 0.3) is 5.91 Å². The van der Waals surface area contributed by atoms with Crippen molar-refractivity contribution in [2.75, 3.05) is 12.4 Å². The van der Waals surface area contributed by atoms with Crippen LogP contribution in [0.15, 0.2) is 52.3 Å². The zero-order valence-corrected chi connectivity index (χ0v) is 16.0. The molecule has 0 saturated carbocycles. The van der Waals surface area contributed by atoms with Crippen LogP contribution in [0.25, 0.3) is 22.2 Å². The predicted octanol–water partition coefficient (Wildman–Crippen LogP) is 5.00. The fraction of sp³-hybridized carbons (Fsp3) is 0.0952. The third-order valence-electron chi connectivity index (χ3n) is 4.38. The number of benzene rings is 2. The SMILES string of the molecule is COc1ccc2oc(C(=O)Nc3nc(-c4ccc(C#N)cc4)cs3)c(C)c2c1. The largest absolute Gasteiger partial charge is 0.497 e. The highest BCUT2D eigenvalue weighted by Crippen LogP contribution is 2.30. The maximum Gasteiger partial charge on any atom is 0.293 e. The van der Waals surface area contributed by atoms with Crippen molar-refractivity contribution in [1.82, 2.24) is 4.98 Å². The number of hydrogen-bond acceptors (Lipinski definition) is 6. The molecule has 0 aliphatic rings. The summed E-state index contributed by atoms with van der Waals surface area (Å²) < 4.78 is 11.0. The fourth-order valence-corrected chi connectivity index (χ4v) is 3.59. The molecule has 0 spiro atoms. The summed E-state index contributed by atoms with van der Waals surface area (Å²) in [7, 11) is 1.60. The molecular formula is C21H15N3O3S. The molecule has 28 heavy (non-hydrogen) atoms. The Morgan fingerprint density at radius 3 is 2.75 bits per heavy atom. The van der Waals surface area contributed by atoms with Gasteiger partial charge in [0.1, 0.15) is 11.3 Å². The van der Waals surface area contributed by atoms with E-state index in [0.717, 1.165) is 22.2 Å². The molecule has 0 aliphatic heterocycles. The Morgan fingerprint density at radius 2 is 2.04 bits per heavy atom. The Balaban J connectivity index is 1.57. The Kier molecular flexibility index (Phi) is 4.55. The number of nitrogens with zero attached hydrogens (tertiary/aromatic N) is 2. The molecule has 0 fully saturated rings. The van der Waals surface area contributed by atoms with Gasteiger partial charge in [-0.15, -0.1) is 11.3 Å². The van der Waals surface area contributed by atoms with Gasteiger partial charge in [0.05, 0.1) is 24.4 Å². The van der Waals surface area contributed by atoms with E-state index in [1.165, 1.54) is 11.3 Å². The first-order chi connectivity index (χ1) is 13.6. The lowest BCUT2D eigenvalue weighted by Gasteiger charge is -2.00. The number of aryl methyl sites for hydroxylation is 1. The summed E-state index contributed by atoms with van der Waals surface area (Å²) in [6.07, 6.45) is 0. The number of furan rings is 1. The number of anilines is 1. The summed E-state index contributed by atoms with van der Waals surface area (Å²) in [5.41, 5.74) is 3.57. The van der Waals surface area contributed by atoms with E-state index in [1.807, 2.05) is 30.5 Å². The second-order valence-electron chi connectivity index (χ2n) is 6.10. The van der Waals surface area contributed by atoms with Gasteiger partial charge >= 0.3 is 0 Å². The molecule has 0 radical (unpaired) electrons. The summed E-state index contributed by atoms with van der Waals surface area (Å²) in [5.74, 6) is 0.599. The molecule has 0 unspecified atom stereocenters. The van der Waals surface area contributed by atoms with Crippen molar-refractivity contribution in [3.63, 3.8) is 0 Å². The smallest absolute Gasteiger partial charge is 0.293 e. The van der Waals surface area contributed by atoms with Crippen molar-refractivity contribution in [2.24, 2.45) is 0 Å². The molecule has 7 heteroatoms. The van der Waals surface area contributed by atoms with Crippen LogP contribution in [0.4, 0.5) is 5.13 Å². The second kappa shape index (κ2) is 7.18. The second-order valence-corrected chi connectivity index (χ2v) is 6.96. The van der Waals surface area contributed by atoms with E-state index < -0.39 is 0 Å². The number of amides is 1. The molecule has 138 valence electrons. The molecule has 4 aromatic rings. The lowest BCUT2D eigenvalue weighted by Crippen LogP contribution is -2.11. The number of methoxy groups -OCH3 is 1. The van der Waals surface area contributed by atoms with E-state index in [-0.39, 0.29) is 11.7 Å². The minimum absolute atomic E-state index is 0.248. The van der Waals surface area contributed by atoms with Crippen LogP contribution in [0.1, 0.15) is 21.7 Å². The highest BCUT2D eigenvalue weighted by Gasteiger charge is 2.19. The van der Waals surface area contributed by atoms with E-state index in [0.29, 0.717) is 22.0 Å². The van der Waals surface area contributed by atoms with E-state index in [4.69, 9.17) is 14.4 Å². The number of hydrogen-bond donors (Lipinski definition) is 1. The molecule has 0 bridgehead atoms. The topological polar surface area (TPSA) is 88.2 Å². The summed E-state index contributed by atoms with van der Waals surface area (Å²) >= 11 is 1.33. The van der Waals surface area contributed by atoms with Gasteiger partial charge in [-0.25, -0.2) is 4.98 Å². The summed E-state index contributed by atoms with van der Waals surface area (Å²) in [6, 6.07) is 14.6. The number of ether oxygens (including phenoxy) is 1.